The van der Waals surface area contributed by atoms with E-state index in [1.165, 1.54) is 0 Å². The van der Waals surface area contributed by atoms with E-state index < -0.39 is 0 Å². The maximum atomic E-state index is 12.0. The van der Waals surface area contributed by atoms with Crippen molar-refractivity contribution >= 4 is 23.1 Å². The highest BCUT2D eigenvalue weighted by Gasteiger charge is 2.23. The number of rotatable bonds is 2. The molecule has 0 aromatic heterocycles. The van der Waals surface area contributed by atoms with Crippen molar-refractivity contribution < 1.29 is 4.79 Å². The van der Waals surface area contributed by atoms with E-state index in [4.69, 9.17) is 17.3 Å². The standard InChI is InChI=1S/C12H14ClNO/c13-10-5-9(6-11(14)7-10)12(15)8-3-1-2-4-8/h5-8H,1-4,14H2. The maximum absolute atomic E-state index is 12.0. The first kappa shape index (κ1) is 10.5. The van der Waals surface area contributed by atoms with Gasteiger partial charge in [0.1, 0.15) is 0 Å². The zero-order valence-corrected chi connectivity index (χ0v) is 9.26. The van der Waals surface area contributed by atoms with Crippen LogP contribution in [0.15, 0.2) is 18.2 Å². The molecule has 0 saturated heterocycles. The Labute approximate surface area is 94.4 Å². The third-order valence-electron chi connectivity index (χ3n) is 2.93. The minimum atomic E-state index is 0.183. The summed E-state index contributed by atoms with van der Waals surface area (Å²) in [7, 11) is 0. The largest absolute Gasteiger partial charge is 0.399 e. The molecule has 15 heavy (non-hydrogen) atoms. The molecule has 0 heterocycles. The summed E-state index contributed by atoms with van der Waals surface area (Å²) in [5.74, 6) is 0.379. The Bertz CT molecular complexity index is 363. The lowest BCUT2D eigenvalue weighted by atomic mass is 9.96. The number of Topliss-reactive ketones (excluding diaryl/α,β-unsaturated/α-hetero) is 1. The minimum absolute atomic E-state index is 0.183. The van der Waals surface area contributed by atoms with Gasteiger partial charge in [-0.1, -0.05) is 24.4 Å². The van der Waals surface area contributed by atoms with Gasteiger partial charge >= 0.3 is 0 Å². The van der Waals surface area contributed by atoms with Gasteiger partial charge in [-0.25, -0.2) is 0 Å². The van der Waals surface area contributed by atoms with Crippen LogP contribution in [-0.4, -0.2) is 5.78 Å². The number of carbonyl (C=O) groups excluding carboxylic acids is 1. The molecule has 80 valence electrons. The topological polar surface area (TPSA) is 43.1 Å². The third kappa shape index (κ3) is 2.32. The van der Waals surface area contributed by atoms with Gasteiger partial charge in [-0.3, -0.25) is 4.79 Å². The number of carbonyl (C=O) groups is 1. The van der Waals surface area contributed by atoms with E-state index in [0.29, 0.717) is 16.3 Å². The molecule has 1 aromatic rings. The fourth-order valence-electron chi connectivity index (χ4n) is 2.18. The lowest BCUT2D eigenvalue weighted by Gasteiger charge is -2.08. The van der Waals surface area contributed by atoms with Gasteiger partial charge in [0, 0.05) is 22.2 Å². The first-order valence-corrected chi connectivity index (χ1v) is 5.65. The molecule has 1 aliphatic carbocycles. The van der Waals surface area contributed by atoms with Crippen LogP contribution in [0.2, 0.25) is 5.02 Å². The fraction of sp³-hybridized carbons (Fsp3) is 0.417. The van der Waals surface area contributed by atoms with Crippen molar-refractivity contribution in [3.63, 3.8) is 0 Å². The van der Waals surface area contributed by atoms with Gasteiger partial charge in [0.25, 0.3) is 0 Å². The van der Waals surface area contributed by atoms with Gasteiger partial charge in [0.15, 0.2) is 5.78 Å². The first-order valence-electron chi connectivity index (χ1n) is 5.27. The molecular weight excluding hydrogens is 210 g/mol. The molecule has 0 bridgehead atoms. The van der Waals surface area contributed by atoms with Crippen molar-refractivity contribution in [3.05, 3.63) is 28.8 Å². The second-order valence-electron chi connectivity index (χ2n) is 4.12. The molecule has 1 aliphatic rings. The molecule has 2 rings (SSSR count). The zero-order valence-electron chi connectivity index (χ0n) is 8.50. The van der Waals surface area contributed by atoms with Gasteiger partial charge in [-0.2, -0.15) is 0 Å². The number of anilines is 1. The Balaban J connectivity index is 2.24. The highest BCUT2D eigenvalue weighted by Crippen LogP contribution is 2.29. The summed E-state index contributed by atoms with van der Waals surface area (Å²) in [5, 5.41) is 0.538. The average molecular weight is 224 g/mol. The van der Waals surface area contributed by atoms with Crippen molar-refractivity contribution in [1.29, 1.82) is 0 Å². The molecular formula is C12H14ClNO. The summed E-state index contributed by atoms with van der Waals surface area (Å²) < 4.78 is 0. The molecule has 1 saturated carbocycles. The lowest BCUT2D eigenvalue weighted by Crippen LogP contribution is -2.11. The van der Waals surface area contributed by atoms with Crippen LogP contribution < -0.4 is 5.73 Å². The third-order valence-corrected chi connectivity index (χ3v) is 3.15. The molecule has 1 aromatic carbocycles. The van der Waals surface area contributed by atoms with E-state index in [1.54, 1.807) is 18.2 Å². The number of hydrogen-bond acceptors (Lipinski definition) is 2. The van der Waals surface area contributed by atoms with E-state index in [2.05, 4.69) is 0 Å². The number of nitrogen functional groups attached to an aromatic ring is 1. The van der Waals surface area contributed by atoms with Gasteiger partial charge in [-0.15, -0.1) is 0 Å². The maximum Gasteiger partial charge on any atom is 0.166 e. The summed E-state index contributed by atoms with van der Waals surface area (Å²) in [6.45, 7) is 0. The van der Waals surface area contributed by atoms with E-state index in [1.807, 2.05) is 0 Å². The quantitative estimate of drug-likeness (QED) is 0.618. The zero-order chi connectivity index (χ0) is 10.8. The van der Waals surface area contributed by atoms with Crippen LogP contribution in [0.4, 0.5) is 5.69 Å². The lowest BCUT2D eigenvalue weighted by molar-refractivity contribution is 0.0923. The van der Waals surface area contributed by atoms with Crippen molar-refractivity contribution in [3.8, 4) is 0 Å². The van der Waals surface area contributed by atoms with Crippen LogP contribution in [0.1, 0.15) is 36.0 Å². The second kappa shape index (κ2) is 4.23. The summed E-state index contributed by atoms with van der Waals surface area (Å²) >= 11 is 5.87. The molecule has 0 amide bonds. The predicted molar refractivity (Wildman–Crippen MR) is 62.2 cm³/mol. The van der Waals surface area contributed by atoms with Gasteiger partial charge in [-0.05, 0) is 31.0 Å². The van der Waals surface area contributed by atoms with E-state index in [0.717, 1.165) is 25.7 Å². The molecule has 0 spiro atoms. The minimum Gasteiger partial charge on any atom is -0.399 e. The SMILES string of the molecule is Nc1cc(Cl)cc(C(=O)C2CCCC2)c1. The summed E-state index contributed by atoms with van der Waals surface area (Å²) in [6, 6.07) is 5.08. The normalized spacial score (nSPS) is 16.9. The number of ketones is 1. The van der Waals surface area contributed by atoms with Crippen LogP contribution >= 0.6 is 11.6 Å². The van der Waals surface area contributed by atoms with E-state index >= 15 is 0 Å². The van der Waals surface area contributed by atoms with Crippen LogP contribution in [0.3, 0.4) is 0 Å². The van der Waals surface area contributed by atoms with Crippen LogP contribution in [-0.2, 0) is 0 Å². The Hall–Kier alpha value is -1.02. The number of benzene rings is 1. The van der Waals surface area contributed by atoms with Crippen LogP contribution in [0.25, 0.3) is 0 Å². The van der Waals surface area contributed by atoms with Crippen molar-refractivity contribution in [1.82, 2.24) is 0 Å². The Morgan fingerprint density at radius 2 is 1.93 bits per heavy atom. The summed E-state index contributed by atoms with van der Waals surface area (Å²) in [4.78, 5) is 12.0. The number of hydrogen-bond donors (Lipinski definition) is 1. The Kier molecular flexibility index (Phi) is 2.96. The molecule has 2 nitrogen and oxygen atoms in total. The van der Waals surface area contributed by atoms with Crippen LogP contribution in [0.5, 0.6) is 0 Å². The fourth-order valence-corrected chi connectivity index (χ4v) is 2.42. The van der Waals surface area contributed by atoms with E-state index in [9.17, 15) is 4.79 Å². The Morgan fingerprint density at radius 1 is 1.27 bits per heavy atom. The smallest absolute Gasteiger partial charge is 0.166 e. The molecule has 3 heteroatoms. The highest BCUT2D eigenvalue weighted by atomic mass is 35.5. The van der Waals surface area contributed by atoms with Crippen molar-refractivity contribution in [2.24, 2.45) is 5.92 Å². The number of halogens is 1. The molecule has 0 aliphatic heterocycles. The van der Waals surface area contributed by atoms with Crippen LogP contribution in [0, 0.1) is 5.92 Å². The molecule has 0 atom stereocenters. The highest BCUT2D eigenvalue weighted by molar-refractivity contribution is 6.31. The Morgan fingerprint density at radius 3 is 2.53 bits per heavy atom. The van der Waals surface area contributed by atoms with Gasteiger partial charge < -0.3 is 5.73 Å². The van der Waals surface area contributed by atoms with Crippen molar-refractivity contribution in [2.75, 3.05) is 5.73 Å². The predicted octanol–water partition coefficient (Wildman–Crippen LogP) is 3.30. The van der Waals surface area contributed by atoms with Crippen molar-refractivity contribution in [2.45, 2.75) is 25.7 Å². The molecule has 0 radical (unpaired) electrons. The van der Waals surface area contributed by atoms with Gasteiger partial charge in [0.2, 0.25) is 0 Å². The van der Waals surface area contributed by atoms with Gasteiger partial charge in [0.05, 0.1) is 0 Å². The summed E-state index contributed by atoms with van der Waals surface area (Å²) in [5.41, 5.74) is 6.88. The monoisotopic (exact) mass is 223 g/mol. The average Bonchev–Trinajstić information content (AvgIpc) is 2.67. The number of nitrogens with two attached hydrogens (primary N) is 1. The molecule has 0 unspecified atom stereocenters. The second-order valence-corrected chi connectivity index (χ2v) is 4.56. The van der Waals surface area contributed by atoms with E-state index in [-0.39, 0.29) is 11.7 Å². The molecule has 1 fully saturated rings. The summed E-state index contributed by atoms with van der Waals surface area (Å²) in [6.07, 6.45) is 4.33. The molecule has 2 N–H and O–H groups in total. The first-order chi connectivity index (χ1) is 7.16.